The highest BCUT2D eigenvalue weighted by Gasteiger charge is 2.53. The van der Waals surface area contributed by atoms with Gasteiger partial charge in [0.1, 0.15) is 0 Å². The van der Waals surface area contributed by atoms with Crippen LogP contribution in [0.25, 0.3) is 0 Å². The number of rotatable bonds is 7. The quantitative estimate of drug-likeness (QED) is 0.653. The van der Waals surface area contributed by atoms with Crippen molar-refractivity contribution in [1.82, 2.24) is 4.31 Å². The van der Waals surface area contributed by atoms with E-state index < -0.39 is 27.7 Å². The van der Waals surface area contributed by atoms with E-state index in [4.69, 9.17) is 25.4 Å². The molecule has 0 spiro atoms. The summed E-state index contributed by atoms with van der Waals surface area (Å²) in [6.07, 6.45) is 4.83. The van der Waals surface area contributed by atoms with Gasteiger partial charge in [-0.25, -0.2) is 8.42 Å². The normalized spacial score (nSPS) is 28.9. The Hall–Kier alpha value is -1.47. The summed E-state index contributed by atoms with van der Waals surface area (Å²) in [5.74, 6) is 0.0730. The third-order valence-electron chi connectivity index (χ3n) is 4.87. The first-order valence-electron chi connectivity index (χ1n) is 8.54. The van der Waals surface area contributed by atoms with Crippen molar-refractivity contribution in [3.8, 4) is 12.3 Å². The van der Waals surface area contributed by atoms with Crippen molar-refractivity contribution in [3.05, 3.63) is 29.8 Å². The van der Waals surface area contributed by atoms with E-state index in [0.29, 0.717) is 0 Å². The maximum Gasteiger partial charge on any atom is 0.244 e. The van der Waals surface area contributed by atoms with Gasteiger partial charge in [-0.05, 0) is 32.9 Å². The fourth-order valence-electron chi connectivity index (χ4n) is 2.85. The van der Waals surface area contributed by atoms with Crippen LogP contribution in [-0.2, 0) is 29.0 Å². The molecule has 0 radical (unpaired) electrons. The number of methoxy groups -OCH3 is 2. The van der Waals surface area contributed by atoms with E-state index in [9.17, 15) is 8.42 Å². The summed E-state index contributed by atoms with van der Waals surface area (Å²) in [5, 5.41) is 0. The van der Waals surface area contributed by atoms with Crippen LogP contribution in [0.1, 0.15) is 19.4 Å². The standard InChI is InChI=1S/C19H27NO6S/c1-7-12-20(27(21,22)17-10-8-15(2)9-11-17)13-16-14-25-18(3,23-5)19(4,24-6)26-16/h1,8-11,16H,12-14H2,2-6H3/t16-,18+,19+/m0/s1. The van der Waals surface area contributed by atoms with Gasteiger partial charge in [0.25, 0.3) is 0 Å². The monoisotopic (exact) mass is 397 g/mol. The molecule has 1 aliphatic heterocycles. The van der Waals surface area contributed by atoms with Gasteiger partial charge in [-0.1, -0.05) is 23.6 Å². The Bertz CT molecular complexity index is 787. The number of ether oxygens (including phenoxy) is 4. The van der Waals surface area contributed by atoms with Crippen LogP contribution >= 0.6 is 0 Å². The van der Waals surface area contributed by atoms with Crippen molar-refractivity contribution in [3.63, 3.8) is 0 Å². The van der Waals surface area contributed by atoms with Crippen molar-refractivity contribution in [1.29, 1.82) is 0 Å². The second-order valence-electron chi connectivity index (χ2n) is 6.67. The van der Waals surface area contributed by atoms with Crippen molar-refractivity contribution in [2.75, 3.05) is 33.9 Å². The Morgan fingerprint density at radius 2 is 1.81 bits per heavy atom. The molecule has 3 atom stereocenters. The van der Waals surface area contributed by atoms with E-state index in [-0.39, 0.29) is 24.6 Å². The second-order valence-corrected chi connectivity index (χ2v) is 8.60. The first-order chi connectivity index (χ1) is 12.6. The fourth-order valence-corrected chi connectivity index (χ4v) is 4.23. The molecule has 1 heterocycles. The van der Waals surface area contributed by atoms with Gasteiger partial charge >= 0.3 is 0 Å². The Labute approximate surface area is 161 Å². The SMILES string of the molecule is C#CCN(C[C@H]1CO[C@@](C)(OC)[C@](C)(OC)O1)S(=O)(=O)c1ccc(C)cc1. The summed E-state index contributed by atoms with van der Waals surface area (Å²) < 4.78 is 49.9. The molecule has 1 saturated heterocycles. The highest BCUT2D eigenvalue weighted by molar-refractivity contribution is 7.89. The van der Waals surface area contributed by atoms with Crippen LogP contribution in [0.4, 0.5) is 0 Å². The lowest BCUT2D eigenvalue weighted by molar-refractivity contribution is -0.431. The Kier molecular flexibility index (Phi) is 6.68. The molecule has 1 aliphatic rings. The minimum Gasteiger partial charge on any atom is -0.349 e. The van der Waals surface area contributed by atoms with Crippen LogP contribution in [0.3, 0.4) is 0 Å². The van der Waals surface area contributed by atoms with E-state index in [2.05, 4.69) is 5.92 Å². The van der Waals surface area contributed by atoms with Crippen LogP contribution in [0.2, 0.25) is 0 Å². The van der Waals surface area contributed by atoms with Crippen molar-refractivity contribution in [2.45, 2.75) is 43.3 Å². The smallest absolute Gasteiger partial charge is 0.244 e. The largest absolute Gasteiger partial charge is 0.349 e. The molecule has 1 aromatic rings. The summed E-state index contributed by atoms with van der Waals surface area (Å²) in [6, 6.07) is 6.61. The van der Waals surface area contributed by atoms with E-state index in [0.717, 1.165) is 5.56 Å². The zero-order valence-electron chi connectivity index (χ0n) is 16.4. The Morgan fingerprint density at radius 1 is 1.22 bits per heavy atom. The molecule has 27 heavy (non-hydrogen) atoms. The highest BCUT2D eigenvalue weighted by Crippen LogP contribution is 2.36. The Balaban J connectivity index is 2.24. The molecule has 1 fully saturated rings. The molecule has 2 rings (SSSR count). The van der Waals surface area contributed by atoms with Gasteiger partial charge in [-0.15, -0.1) is 6.42 Å². The van der Waals surface area contributed by atoms with Crippen LogP contribution < -0.4 is 0 Å². The summed E-state index contributed by atoms with van der Waals surface area (Å²) in [5.41, 5.74) is 0.969. The van der Waals surface area contributed by atoms with E-state index in [1.165, 1.54) is 18.5 Å². The third-order valence-corrected chi connectivity index (χ3v) is 6.70. The minimum atomic E-state index is -3.77. The predicted molar refractivity (Wildman–Crippen MR) is 100 cm³/mol. The van der Waals surface area contributed by atoms with Gasteiger partial charge < -0.3 is 18.9 Å². The first kappa shape index (κ1) is 21.8. The van der Waals surface area contributed by atoms with Gasteiger partial charge in [0.05, 0.1) is 24.2 Å². The van der Waals surface area contributed by atoms with Crippen LogP contribution in [0.5, 0.6) is 0 Å². The van der Waals surface area contributed by atoms with E-state index >= 15 is 0 Å². The molecule has 0 aliphatic carbocycles. The summed E-state index contributed by atoms with van der Waals surface area (Å²) in [6.45, 7) is 5.35. The number of terminal acetylenes is 1. The third kappa shape index (κ3) is 4.35. The predicted octanol–water partition coefficient (Wildman–Crippen LogP) is 1.76. The van der Waals surface area contributed by atoms with Crippen LogP contribution in [0.15, 0.2) is 29.2 Å². The van der Waals surface area contributed by atoms with Gasteiger partial charge in [-0.3, -0.25) is 0 Å². The van der Waals surface area contributed by atoms with Crippen molar-refractivity contribution < 1.29 is 27.4 Å². The summed E-state index contributed by atoms with van der Waals surface area (Å²) >= 11 is 0. The molecule has 0 N–H and O–H groups in total. The van der Waals surface area contributed by atoms with Crippen LogP contribution in [0, 0.1) is 19.3 Å². The molecule has 8 heteroatoms. The van der Waals surface area contributed by atoms with E-state index in [1.807, 2.05) is 6.92 Å². The van der Waals surface area contributed by atoms with Crippen LogP contribution in [-0.4, -0.2) is 64.3 Å². The first-order valence-corrected chi connectivity index (χ1v) is 9.98. The molecule has 150 valence electrons. The molecule has 0 saturated carbocycles. The van der Waals surface area contributed by atoms with Gasteiger partial charge in [0.15, 0.2) is 0 Å². The molecule has 0 aromatic heterocycles. The maximum atomic E-state index is 13.0. The average Bonchev–Trinajstić information content (AvgIpc) is 2.64. The number of aryl methyl sites for hydroxylation is 1. The molecule has 1 aromatic carbocycles. The maximum absolute atomic E-state index is 13.0. The molecular formula is C19H27NO6S. The number of hydrogen-bond donors (Lipinski definition) is 0. The zero-order valence-corrected chi connectivity index (χ0v) is 17.2. The Morgan fingerprint density at radius 3 is 2.33 bits per heavy atom. The molecule has 0 bridgehead atoms. The topological polar surface area (TPSA) is 74.3 Å². The fraction of sp³-hybridized carbons (Fsp3) is 0.579. The number of benzene rings is 1. The summed E-state index contributed by atoms with van der Waals surface area (Å²) in [7, 11) is -0.804. The lowest BCUT2D eigenvalue weighted by Crippen LogP contribution is -2.63. The number of nitrogens with zero attached hydrogens (tertiary/aromatic N) is 1. The number of sulfonamides is 1. The highest BCUT2D eigenvalue weighted by atomic mass is 32.2. The second kappa shape index (κ2) is 8.27. The number of hydrogen-bond acceptors (Lipinski definition) is 6. The lowest BCUT2D eigenvalue weighted by Gasteiger charge is -2.49. The van der Waals surface area contributed by atoms with Gasteiger partial charge in [0, 0.05) is 20.8 Å². The molecule has 0 amide bonds. The zero-order chi connectivity index (χ0) is 20.3. The summed E-state index contributed by atoms with van der Waals surface area (Å²) in [4.78, 5) is 0.177. The van der Waals surface area contributed by atoms with Crippen molar-refractivity contribution >= 4 is 10.0 Å². The van der Waals surface area contributed by atoms with Gasteiger partial charge in [0.2, 0.25) is 21.6 Å². The van der Waals surface area contributed by atoms with Crippen molar-refractivity contribution in [2.24, 2.45) is 0 Å². The molecule has 0 unspecified atom stereocenters. The average molecular weight is 397 g/mol. The molecule has 7 nitrogen and oxygen atoms in total. The molecular weight excluding hydrogens is 370 g/mol. The lowest BCUT2D eigenvalue weighted by atomic mass is 10.1. The van der Waals surface area contributed by atoms with E-state index in [1.54, 1.807) is 38.1 Å². The minimum absolute atomic E-state index is 0.0269. The van der Waals surface area contributed by atoms with Gasteiger partial charge in [-0.2, -0.15) is 4.31 Å².